The lowest BCUT2D eigenvalue weighted by molar-refractivity contribution is 0.0519. The van der Waals surface area contributed by atoms with Crippen LogP contribution in [0.3, 0.4) is 0 Å². The van der Waals surface area contributed by atoms with Crippen LogP contribution in [0.2, 0.25) is 0 Å². The van der Waals surface area contributed by atoms with E-state index in [9.17, 15) is 9.59 Å². The molecule has 0 amide bonds. The zero-order valence-corrected chi connectivity index (χ0v) is 10.5. The fraction of sp³-hybridized carbons (Fsp3) is 0.231. The molecule has 0 N–H and O–H groups in total. The number of Topliss-reactive ketones (excluding diaryl/α,β-unsaturated/α-hetero) is 1. The van der Waals surface area contributed by atoms with Gasteiger partial charge in [0.25, 0.3) is 0 Å². The van der Waals surface area contributed by atoms with Gasteiger partial charge in [-0.1, -0.05) is 0 Å². The second kappa shape index (κ2) is 5.43. The normalized spacial score (nSPS) is 10.2. The summed E-state index contributed by atoms with van der Waals surface area (Å²) in [4.78, 5) is 30.6. The van der Waals surface area contributed by atoms with Crippen LogP contribution in [0.1, 0.15) is 34.7 Å². The first kappa shape index (κ1) is 12.9. The number of ketones is 1. The summed E-state index contributed by atoms with van der Waals surface area (Å²) in [5, 5.41) is 0. The van der Waals surface area contributed by atoms with Crippen molar-refractivity contribution in [1.29, 1.82) is 0 Å². The predicted molar refractivity (Wildman–Crippen MR) is 65.7 cm³/mol. The van der Waals surface area contributed by atoms with Gasteiger partial charge < -0.3 is 9.15 Å². The van der Waals surface area contributed by atoms with Gasteiger partial charge in [-0.2, -0.15) is 0 Å². The average molecular weight is 260 g/mol. The van der Waals surface area contributed by atoms with Crippen molar-refractivity contribution in [3.05, 3.63) is 35.9 Å². The number of aromatic nitrogens is 2. The van der Waals surface area contributed by atoms with Crippen LogP contribution in [-0.2, 0) is 4.74 Å². The Balaban J connectivity index is 2.23. The van der Waals surface area contributed by atoms with Crippen LogP contribution in [-0.4, -0.2) is 28.3 Å². The van der Waals surface area contributed by atoms with E-state index >= 15 is 0 Å². The average Bonchev–Trinajstić information content (AvgIpc) is 2.89. The molecule has 6 nitrogen and oxygen atoms in total. The van der Waals surface area contributed by atoms with Crippen LogP contribution in [0.4, 0.5) is 0 Å². The summed E-state index contributed by atoms with van der Waals surface area (Å²) >= 11 is 0. The molecule has 0 aliphatic heterocycles. The van der Waals surface area contributed by atoms with Gasteiger partial charge in [0.1, 0.15) is 12.0 Å². The molecule has 2 aromatic heterocycles. The van der Waals surface area contributed by atoms with Crippen molar-refractivity contribution < 1.29 is 18.7 Å². The monoisotopic (exact) mass is 260 g/mol. The van der Waals surface area contributed by atoms with E-state index in [0.717, 1.165) is 0 Å². The molecule has 6 heteroatoms. The van der Waals surface area contributed by atoms with E-state index in [1.54, 1.807) is 19.1 Å². The Kier molecular flexibility index (Phi) is 3.70. The third kappa shape index (κ3) is 2.85. The Morgan fingerprint density at radius 2 is 2.16 bits per heavy atom. The van der Waals surface area contributed by atoms with Gasteiger partial charge in [-0.3, -0.25) is 9.78 Å². The fourth-order valence-corrected chi connectivity index (χ4v) is 1.42. The Morgan fingerprint density at radius 1 is 1.37 bits per heavy atom. The summed E-state index contributed by atoms with van der Waals surface area (Å²) in [6.07, 6.45) is 2.65. The zero-order valence-electron chi connectivity index (χ0n) is 10.5. The molecule has 19 heavy (non-hydrogen) atoms. The topological polar surface area (TPSA) is 82.3 Å². The maximum atomic E-state index is 11.4. The molecule has 2 aromatic rings. The maximum Gasteiger partial charge on any atom is 0.360 e. The van der Waals surface area contributed by atoms with Gasteiger partial charge in [-0.15, -0.1) is 0 Å². The SMILES string of the molecule is CCOC(=O)c1coc(-c2ccc(C(C)=O)cn2)n1. The number of nitrogens with zero attached hydrogens (tertiary/aromatic N) is 2. The van der Waals surface area contributed by atoms with E-state index in [-0.39, 0.29) is 24.0 Å². The fourth-order valence-electron chi connectivity index (χ4n) is 1.42. The minimum absolute atomic E-state index is 0.0707. The largest absolute Gasteiger partial charge is 0.461 e. The van der Waals surface area contributed by atoms with Gasteiger partial charge in [0.15, 0.2) is 11.5 Å². The summed E-state index contributed by atoms with van der Waals surface area (Å²) in [5.74, 6) is -0.408. The lowest BCUT2D eigenvalue weighted by Crippen LogP contribution is -2.04. The molecule has 0 aromatic carbocycles. The summed E-state index contributed by atoms with van der Waals surface area (Å²) in [6, 6.07) is 3.23. The molecule has 0 aliphatic carbocycles. The summed E-state index contributed by atoms with van der Waals surface area (Å²) < 4.78 is 9.96. The van der Waals surface area contributed by atoms with Crippen LogP contribution in [0.15, 0.2) is 29.0 Å². The highest BCUT2D eigenvalue weighted by atomic mass is 16.5. The number of pyridine rings is 1. The molecular formula is C13H12N2O4. The molecule has 0 fully saturated rings. The van der Waals surface area contributed by atoms with Gasteiger partial charge in [0.2, 0.25) is 5.89 Å². The molecule has 0 aliphatic rings. The molecule has 0 radical (unpaired) electrons. The van der Waals surface area contributed by atoms with E-state index in [4.69, 9.17) is 9.15 Å². The van der Waals surface area contributed by atoms with Crippen LogP contribution in [0.5, 0.6) is 0 Å². The molecule has 2 heterocycles. The number of ether oxygens (including phenoxy) is 1. The number of hydrogen-bond acceptors (Lipinski definition) is 6. The minimum atomic E-state index is -0.544. The molecule has 2 rings (SSSR count). The highest BCUT2D eigenvalue weighted by Gasteiger charge is 2.15. The summed E-state index contributed by atoms with van der Waals surface area (Å²) in [6.45, 7) is 3.44. The van der Waals surface area contributed by atoms with Crippen molar-refractivity contribution in [3.8, 4) is 11.6 Å². The van der Waals surface area contributed by atoms with Gasteiger partial charge in [-0.25, -0.2) is 9.78 Å². The van der Waals surface area contributed by atoms with Crippen molar-refractivity contribution in [1.82, 2.24) is 9.97 Å². The molecule has 0 unspecified atom stereocenters. The van der Waals surface area contributed by atoms with Crippen LogP contribution >= 0.6 is 0 Å². The molecule has 0 bridgehead atoms. The molecule has 0 saturated heterocycles. The summed E-state index contributed by atoms with van der Waals surface area (Å²) in [7, 11) is 0. The Hall–Kier alpha value is -2.50. The Labute approximate surface area is 109 Å². The van der Waals surface area contributed by atoms with Crippen molar-refractivity contribution >= 4 is 11.8 Å². The second-order valence-electron chi connectivity index (χ2n) is 3.75. The van der Waals surface area contributed by atoms with Crippen LogP contribution in [0, 0.1) is 0 Å². The van der Waals surface area contributed by atoms with Crippen molar-refractivity contribution in [2.45, 2.75) is 13.8 Å². The third-order valence-electron chi connectivity index (χ3n) is 2.38. The van der Waals surface area contributed by atoms with E-state index in [0.29, 0.717) is 11.3 Å². The molecule has 98 valence electrons. The van der Waals surface area contributed by atoms with E-state index in [2.05, 4.69) is 9.97 Å². The van der Waals surface area contributed by atoms with E-state index in [1.165, 1.54) is 19.4 Å². The number of carbonyl (C=O) groups is 2. The minimum Gasteiger partial charge on any atom is -0.461 e. The van der Waals surface area contributed by atoms with Crippen molar-refractivity contribution in [3.63, 3.8) is 0 Å². The number of esters is 1. The second-order valence-corrected chi connectivity index (χ2v) is 3.75. The van der Waals surface area contributed by atoms with Gasteiger partial charge in [0, 0.05) is 11.8 Å². The smallest absolute Gasteiger partial charge is 0.360 e. The lowest BCUT2D eigenvalue weighted by Gasteiger charge is -1.97. The first-order chi connectivity index (χ1) is 9.11. The maximum absolute atomic E-state index is 11.4. The number of oxazole rings is 1. The quantitative estimate of drug-likeness (QED) is 0.618. The number of hydrogen-bond donors (Lipinski definition) is 0. The molecule has 0 saturated carbocycles. The number of carbonyl (C=O) groups excluding carboxylic acids is 2. The van der Waals surface area contributed by atoms with Crippen LogP contribution < -0.4 is 0 Å². The van der Waals surface area contributed by atoms with Crippen LogP contribution in [0.25, 0.3) is 11.6 Å². The molecular weight excluding hydrogens is 248 g/mol. The van der Waals surface area contributed by atoms with Gasteiger partial charge >= 0.3 is 5.97 Å². The van der Waals surface area contributed by atoms with Gasteiger partial charge in [-0.05, 0) is 26.0 Å². The van der Waals surface area contributed by atoms with Gasteiger partial charge in [0.05, 0.1) is 6.61 Å². The first-order valence-electron chi connectivity index (χ1n) is 5.72. The third-order valence-corrected chi connectivity index (χ3v) is 2.38. The first-order valence-corrected chi connectivity index (χ1v) is 5.72. The Bertz CT molecular complexity index is 601. The highest BCUT2D eigenvalue weighted by Crippen LogP contribution is 2.17. The molecule has 0 atom stereocenters. The van der Waals surface area contributed by atoms with E-state index in [1.807, 2.05) is 0 Å². The van der Waals surface area contributed by atoms with Crippen molar-refractivity contribution in [2.24, 2.45) is 0 Å². The molecule has 0 spiro atoms. The standard InChI is InChI=1S/C13H12N2O4/c1-3-18-13(17)11-7-19-12(15-11)10-5-4-9(6-14-10)8(2)16/h4-7H,3H2,1-2H3. The summed E-state index contributed by atoms with van der Waals surface area (Å²) in [5.41, 5.74) is 1.04. The highest BCUT2D eigenvalue weighted by molar-refractivity contribution is 5.93. The van der Waals surface area contributed by atoms with Crippen molar-refractivity contribution in [2.75, 3.05) is 6.61 Å². The lowest BCUT2D eigenvalue weighted by atomic mass is 10.2. The Morgan fingerprint density at radius 3 is 2.74 bits per heavy atom. The number of rotatable bonds is 4. The predicted octanol–water partition coefficient (Wildman–Crippen LogP) is 2.12. The van der Waals surface area contributed by atoms with E-state index < -0.39 is 5.97 Å². The zero-order chi connectivity index (χ0) is 13.8.